The van der Waals surface area contributed by atoms with Crippen molar-refractivity contribution in [3.05, 3.63) is 29.8 Å². The topological polar surface area (TPSA) is 66.4 Å². The van der Waals surface area contributed by atoms with Gasteiger partial charge in [0.15, 0.2) is 0 Å². The van der Waals surface area contributed by atoms with Gasteiger partial charge in [0.2, 0.25) is 10.0 Å². The van der Waals surface area contributed by atoms with Crippen molar-refractivity contribution < 1.29 is 13.5 Å². The second-order valence-corrected chi connectivity index (χ2v) is 6.65. The Labute approximate surface area is 109 Å². The number of nitrogens with one attached hydrogen (secondary N) is 1. The molecular formula is C13H21NO3S. The van der Waals surface area contributed by atoms with E-state index in [-0.39, 0.29) is 11.4 Å². The first kappa shape index (κ1) is 15.1. The van der Waals surface area contributed by atoms with Gasteiger partial charge in [-0.05, 0) is 32.4 Å². The summed E-state index contributed by atoms with van der Waals surface area (Å²) in [4.78, 5) is 0.223. The van der Waals surface area contributed by atoms with Gasteiger partial charge in [0, 0.05) is 6.54 Å². The van der Waals surface area contributed by atoms with Crippen molar-refractivity contribution in [2.75, 3.05) is 6.54 Å². The zero-order valence-corrected chi connectivity index (χ0v) is 11.9. The fourth-order valence-electron chi connectivity index (χ4n) is 1.68. The van der Waals surface area contributed by atoms with Crippen molar-refractivity contribution in [3.63, 3.8) is 0 Å². The van der Waals surface area contributed by atoms with E-state index in [2.05, 4.69) is 4.72 Å². The molecule has 0 fully saturated rings. The maximum atomic E-state index is 12.0. The molecule has 1 atom stereocenters. The Kier molecular flexibility index (Phi) is 4.90. The summed E-state index contributed by atoms with van der Waals surface area (Å²) in [6, 6.07) is 6.62. The smallest absolute Gasteiger partial charge is 0.240 e. The molecule has 5 heteroatoms. The maximum absolute atomic E-state index is 12.0. The first-order valence-corrected chi connectivity index (χ1v) is 7.54. The molecule has 102 valence electrons. The lowest BCUT2D eigenvalue weighted by Crippen LogP contribution is -2.40. The standard InChI is InChI=1S/C13H21NO3S/c1-4-9-13(3,15)10-14-18(16,17)12-7-5-11(2)6-8-12/h5-8,14-15H,4,9-10H2,1-3H3. The monoisotopic (exact) mass is 271 g/mol. The summed E-state index contributed by atoms with van der Waals surface area (Å²) in [6.07, 6.45) is 1.36. The number of rotatable bonds is 6. The number of hydrogen-bond acceptors (Lipinski definition) is 3. The van der Waals surface area contributed by atoms with Crippen LogP contribution in [0.4, 0.5) is 0 Å². The van der Waals surface area contributed by atoms with Gasteiger partial charge in [0.25, 0.3) is 0 Å². The van der Waals surface area contributed by atoms with Crippen LogP contribution >= 0.6 is 0 Å². The minimum absolute atomic E-state index is 0.0249. The Bertz CT molecular complexity index is 477. The van der Waals surface area contributed by atoms with Crippen molar-refractivity contribution in [1.82, 2.24) is 4.72 Å². The lowest BCUT2D eigenvalue weighted by Gasteiger charge is -2.22. The van der Waals surface area contributed by atoms with Gasteiger partial charge in [0.05, 0.1) is 10.5 Å². The van der Waals surface area contributed by atoms with Crippen LogP contribution in [0, 0.1) is 6.92 Å². The summed E-state index contributed by atoms with van der Waals surface area (Å²) in [6.45, 7) is 5.50. The molecule has 2 N–H and O–H groups in total. The average molecular weight is 271 g/mol. The molecule has 0 saturated carbocycles. The van der Waals surface area contributed by atoms with E-state index in [1.807, 2.05) is 13.8 Å². The summed E-state index contributed by atoms with van der Waals surface area (Å²) in [5.41, 5.74) is -0.00101. The SMILES string of the molecule is CCCC(C)(O)CNS(=O)(=O)c1ccc(C)cc1. The average Bonchev–Trinajstić information content (AvgIpc) is 2.27. The molecule has 0 spiro atoms. The van der Waals surface area contributed by atoms with Crippen LogP contribution in [0.1, 0.15) is 32.3 Å². The Morgan fingerprint density at radius 2 is 1.83 bits per heavy atom. The van der Waals surface area contributed by atoms with E-state index in [0.717, 1.165) is 12.0 Å². The molecule has 0 heterocycles. The summed E-state index contributed by atoms with van der Waals surface area (Å²) in [5, 5.41) is 9.94. The van der Waals surface area contributed by atoms with Crippen LogP contribution in [0.3, 0.4) is 0 Å². The van der Waals surface area contributed by atoms with Gasteiger partial charge in [-0.3, -0.25) is 0 Å². The second kappa shape index (κ2) is 5.82. The summed E-state index contributed by atoms with van der Waals surface area (Å²) >= 11 is 0. The van der Waals surface area contributed by atoms with Crippen LogP contribution in [0.2, 0.25) is 0 Å². The fourth-order valence-corrected chi connectivity index (χ4v) is 2.84. The van der Waals surface area contributed by atoms with Crippen LogP contribution in [0.15, 0.2) is 29.2 Å². The third kappa shape index (κ3) is 4.40. The van der Waals surface area contributed by atoms with E-state index < -0.39 is 15.6 Å². The van der Waals surface area contributed by atoms with E-state index in [1.54, 1.807) is 31.2 Å². The predicted molar refractivity (Wildman–Crippen MR) is 71.9 cm³/mol. The molecule has 0 saturated heterocycles. The third-order valence-electron chi connectivity index (χ3n) is 2.76. The lowest BCUT2D eigenvalue weighted by molar-refractivity contribution is 0.0554. The minimum Gasteiger partial charge on any atom is -0.389 e. The second-order valence-electron chi connectivity index (χ2n) is 4.88. The Morgan fingerprint density at radius 1 is 1.28 bits per heavy atom. The number of sulfonamides is 1. The van der Waals surface area contributed by atoms with Gasteiger partial charge in [-0.1, -0.05) is 31.0 Å². The molecule has 1 aromatic carbocycles. The van der Waals surface area contributed by atoms with Gasteiger partial charge in [-0.25, -0.2) is 13.1 Å². The van der Waals surface area contributed by atoms with Gasteiger partial charge in [0.1, 0.15) is 0 Å². The van der Waals surface area contributed by atoms with Gasteiger partial charge in [-0.15, -0.1) is 0 Å². The number of benzene rings is 1. The molecule has 0 aromatic heterocycles. The zero-order chi connectivity index (χ0) is 13.8. The number of hydrogen-bond donors (Lipinski definition) is 2. The summed E-state index contributed by atoms with van der Waals surface area (Å²) in [5.74, 6) is 0. The van der Waals surface area contributed by atoms with Crippen LogP contribution in [-0.2, 0) is 10.0 Å². The normalized spacial score (nSPS) is 15.3. The van der Waals surface area contributed by atoms with E-state index >= 15 is 0 Å². The highest BCUT2D eigenvalue weighted by molar-refractivity contribution is 7.89. The van der Waals surface area contributed by atoms with E-state index in [1.165, 1.54) is 0 Å². The molecule has 0 aliphatic rings. The van der Waals surface area contributed by atoms with E-state index in [9.17, 15) is 13.5 Å². The maximum Gasteiger partial charge on any atom is 0.240 e. The third-order valence-corrected chi connectivity index (χ3v) is 4.18. The first-order valence-electron chi connectivity index (χ1n) is 6.05. The van der Waals surface area contributed by atoms with Crippen LogP contribution < -0.4 is 4.72 Å². The highest BCUT2D eigenvalue weighted by Crippen LogP contribution is 2.13. The van der Waals surface area contributed by atoms with Crippen molar-refractivity contribution in [3.8, 4) is 0 Å². The summed E-state index contributed by atoms with van der Waals surface area (Å²) in [7, 11) is -3.54. The van der Waals surface area contributed by atoms with Crippen molar-refractivity contribution in [2.24, 2.45) is 0 Å². The number of aryl methyl sites for hydroxylation is 1. The fraction of sp³-hybridized carbons (Fsp3) is 0.538. The first-order chi connectivity index (χ1) is 8.27. The molecular weight excluding hydrogens is 250 g/mol. The van der Waals surface area contributed by atoms with Crippen molar-refractivity contribution in [2.45, 2.75) is 44.1 Å². The molecule has 18 heavy (non-hydrogen) atoms. The predicted octanol–water partition coefficient (Wildman–Crippen LogP) is 1.82. The molecule has 1 rings (SSSR count). The molecule has 0 aliphatic heterocycles. The molecule has 0 bridgehead atoms. The Balaban J connectivity index is 2.74. The highest BCUT2D eigenvalue weighted by Gasteiger charge is 2.23. The molecule has 0 radical (unpaired) electrons. The Morgan fingerprint density at radius 3 is 2.33 bits per heavy atom. The van der Waals surface area contributed by atoms with Crippen LogP contribution in [0.5, 0.6) is 0 Å². The van der Waals surface area contributed by atoms with E-state index in [4.69, 9.17) is 0 Å². The minimum atomic E-state index is -3.54. The van der Waals surface area contributed by atoms with Crippen molar-refractivity contribution >= 4 is 10.0 Å². The largest absolute Gasteiger partial charge is 0.389 e. The Hall–Kier alpha value is -0.910. The number of aliphatic hydroxyl groups is 1. The van der Waals surface area contributed by atoms with Gasteiger partial charge >= 0.3 is 0 Å². The molecule has 0 aliphatic carbocycles. The quantitative estimate of drug-likeness (QED) is 0.829. The molecule has 4 nitrogen and oxygen atoms in total. The zero-order valence-electron chi connectivity index (χ0n) is 11.1. The van der Waals surface area contributed by atoms with Gasteiger partial charge in [-0.2, -0.15) is 0 Å². The van der Waals surface area contributed by atoms with Gasteiger partial charge < -0.3 is 5.11 Å². The molecule has 1 unspecified atom stereocenters. The van der Waals surface area contributed by atoms with Crippen molar-refractivity contribution in [1.29, 1.82) is 0 Å². The van der Waals surface area contributed by atoms with Crippen LogP contribution in [0.25, 0.3) is 0 Å². The van der Waals surface area contributed by atoms with E-state index in [0.29, 0.717) is 6.42 Å². The molecule has 1 aromatic rings. The molecule has 0 amide bonds. The highest BCUT2D eigenvalue weighted by atomic mass is 32.2. The lowest BCUT2D eigenvalue weighted by atomic mass is 10.0. The van der Waals surface area contributed by atoms with Crippen LogP contribution in [-0.4, -0.2) is 25.7 Å². The summed E-state index contributed by atoms with van der Waals surface area (Å²) < 4.78 is 26.4.